The van der Waals surface area contributed by atoms with Gasteiger partial charge in [0.05, 0.1) is 17.6 Å². The molecule has 0 atom stereocenters. The van der Waals surface area contributed by atoms with Crippen LogP contribution in [-0.4, -0.2) is 81.9 Å². The van der Waals surface area contributed by atoms with Crippen molar-refractivity contribution in [2.75, 3.05) is 53.4 Å². The van der Waals surface area contributed by atoms with E-state index < -0.39 is 10.0 Å². The van der Waals surface area contributed by atoms with Gasteiger partial charge in [-0.3, -0.25) is 4.79 Å². The Morgan fingerprint density at radius 2 is 1.70 bits per heavy atom. The van der Waals surface area contributed by atoms with Crippen LogP contribution < -0.4 is 4.74 Å². The molecule has 27 heavy (non-hydrogen) atoms. The van der Waals surface area contributed by atoms with Gasteiger partial charge < -0.3 is 14.5 Å². The summed E-state index contributed by atoms with van der Waals surface area (Å²) >= 11 is 0. The van der Waals surface area contributed by atoms with Crippen molar-refractivity contribution in [1.82, 2.24) is 14.1 Å². The number of carbonyl (C=O) groups excluding carboxylic acids is 1. The van der Waals surface area contributed by atoms with Gasteiger partial charge in [0.15, 0.2) is 0 Å². The highest BCUT2D eigenvalue weighted by Crippen LogP contribution is 2.28. The lowest BCUT2D eigenvalue weighted by molar-refractivity contribution is 0.0660. The molecule has 150 valence electrons. The molecule has 2 fully saturated rings. The number of rotatable bonds is 4. The molecular weight excluding hydrogens is 366 g/mol. The Bertz CT molecular complexity index is 780. The molecule has 0 unspecified atom stereocenters. The van der Waals surface area contributed by atoms with Gasteiger partial charge in [0, 0.05) is 39.3 Å². The molecule has 0 N–H and O–H groups in total. The molecular formula is C19H29N3O4S. The predicted molar refractivity (Wildman–Crippen MR) is 104 cm³/mol. The van der Waals surface area contributed by atoms with Crippen LogP contribution in [0.15, 0.2) is 23.1 Å². The van der Waals surface area contributed by atoms with Gasteiger partial charge >= 0.3 is 0 Å². The number of piperidine rings is 1. The van der Waals surface area contributed by atoms with E-state index in [9.17, 15) is 13.2 Å². The van der Waals surface area contributed by atoms with Crippen LogP contribution in [0.3, 0.4) is 0 Å². The predicted octanol–water partition coefficient (Wildman–Crippen LogP) is 1.50. The quantitative estimate of drug-likeness (QED) is 0.773. The average Bonchev–Trinajstić information content (AvgIpc) is 2.68. The summed E-state index contributed by atoms with van der Waals surface area (Å²) in [7, 11) is -0.0879. The number of methoxy groups -OCH3 is 1. The SMILES string of the molecule is COc1ccc(S(=O)(=O)N2CCC(C)CC2)cc1C(=O)N1CCN(C)CC1. The normalized spacial score (nSPS) is 20.6. The lowest BCUT2D eigenvalue weighted by Crippen LogP contribution is -2.47. The second-order valence-corrected chi connectivity index (χ2v) is 9.48. The van der Waals surface area contributed by atoms with Gasteiger partial charge in [0.1, 0.15) is 5.75 Å². The molecule has 0 aliphatic carbocycles. The second kappa shape index (κ2) is 8.16. The fourth-order valence-corrected chi connectivity index (χ4v) is 5.07. The Morgan fingerprint density at radius 1 is 1.07 bits per heavy atom. The lowest BCUT2D eigenvalue weighted by atomic mass is 10.0. The molecule has 7 nitrogen and oxygen atoms in total. The third-order valence-corrected chi connectivity index (χ3v) is 7.47. The molecule has 2 heterocycles. The van der Waals surface area contributed by atoms with Crippen molar-refractivity contribution in [2.24, 2.45) is 5.92 Å². The Balaban J connectivity index is 1.88. The number of sulfonamides is 1. The minimum Gasteiger partial charge on any atom is -0.496 e. The number of ether oxygens (including phenoxy) is 1. The second-order valence-electron chi connectivity index (χ2n) is 7.54. The first kappa shape index (κ1) is 20.1. The summed E-state index contributed by atoms with van der Waals surface area (Å²) < 4.78 is 32.9. The van der Waals surface area contributed by atoms with Crippen LogP contribution in [0.4, 0.5) is 0 Å². The summed E-state index contributed by atoms with van der Waals surface area (Å²) in [6, 6.07) is 4.60. The van der Waals surface area contributed by atoms with Crippen molar-refractivity contribution < 1.29 is 17.9 Å². The summed E-state index contributed by atoms with van der Waals surface area (Å²) in [6.45, 7) is 6.05. The molecule has 1 amide bonds. The zero-order valence-corrected chi connectivity index (χ0v) is 17.2. The number of hydrogen-bond donors (Lipinski definition) is 0. The molecule has 0 aromatic heterocycles. The highest BCUT2D eigenvalue weighted by molar-refractivity contribution is 7.89. The Labute approximate surface area is 161 Å². The van der Waals surface area contributed by atoms with Gasteiger partial charge in [-0.2, -0.15) is 4.31 Å². The molecule has 2 saturated heterocycles. The number of piperazine rings is 1. The third-order valence-electron chi connectivity index (χ3n) is 5.57. The fourth-order valence-electron chi connectivity index (χ4n) is 3.57. The number of benzene rings is 1. The average molecular weight is 396 g/mol. The first-order valence-electron chi connectivity index (χ1n) is 9.49. The van der Waals surface area contributed by atoms with Crippen molar-refractivity contribution >= 4 is 15.9 Å². The minimum atomic E-state index is -3.61. The number of hydrogen-bond acceptors (Lipinski definition) is 5. The third kappa shape index (κ3) is 4.28. The maximum absolute atomic E-state index is 13.0. The summed E-state index contributed by atoms with van der Waals surface area (Å²) in [5, 5.41) is 0. The van der Waals surface area contributed by atoms with Crippen LogP contribution in [0.25, 0.3) is 0 Å². The molecule has 3 rings (SSSR count). The van der Waals surface area contributed by atoms with E-state index in [1.54, 1.807) is 11.0 Å². The van der Waals surface area contributed by atoms with Crippen LogP contribution in [0.1, 0.15) is 30.1 Å². The largest absolute Gasteiger partial charge is 0.496 e. The van der Waals surface area contributed by atoms with Crippen LogP contribution >= 0.6 is 0 Å². The van der Waals surface area contributed by atoms with E-state index in [0.717, 1.165) is 25.9 Å². The zero-order chi connectivity index (χ0) is 19.6. The first-order chi connectivity index (χ1) is 12.8. The smallest absolute Gasteiger partial charge is 0.257 e. The van der Waals surface area contributed by atoms with Gasteiger partial charge in [0.2, 0.25) is 10.0 Å². The Morgan fingerprint density at radius 3 is 2.30 bits per heavy atom. The first-order valence-corrected chi connectivity index (χ1v) is 10.9. The van der Waals surface area contributed by atoms with Crippen molar-refractivity contribution in [3.63, 3.8) is 0 Å². The maximum atomic E-state index is 13.0. The van der Waals surface area contributed by atoms with Gasteiger partial charge in [0.25, 0.3) is 5.91 Å². The van der Waals surface area contributed by atoms with Crippen molar-refractivity contribution in [2.45, 2.75) is 24.7 Å². The standard InChI is InChI=1S/C19H29N3O4S/c1-15-6-8-22(9-7-15)27(24,25)16-4-5-18(26-3)17(14-16)19(23)21-12-10-20(2)11-13-21/h4-5,14-15H,6-13H2,1-3H3. The number of likely N-dealkylation sites (N-methyl/N-ethyl adjacent to an activating group) is 1. The molecule has 1 aromatic carbocycles. The molecule has 2 aliphatic heterocycles. The lowest BCUT2D eigenvalue weighted by Gasteiger charge is -2.33. The van der Waals surface area contributed by atoms with Gasteiger partial charge in [-0.05, 0) is 44.0 Å². The number of nitrogens with zero attached hydrogens (tertiary/aromatic N) is 3. The van der Waals surface area contributed by atoms with E-state index in [4.69, 9.17) is 4.74 Å². The number of carbonyl (C=O) groups is 1. The van der Waals surface area contributed by atoms with Crippen molar-refractivity contribution in [3.8, 4) is 5.75 Å². The van der Waals surface area contributed by atoms with Crippen LogP contribution in [0, 0.1) is 5.92 Å². The van der Waals surface area contributed by atoms with Gasteiger partial charge in [-0.25, -0.2) is 8.42 Å². The summed E-state index contributed by atoms with van der Waals surface area (Å²) in [6.07, 6.45) is 1.73. The molecule has 0 bridgehead atoms. The van der Waals surface area contributed by atoms with E-state index in [-0.39, 0.29) is 10.8 Å². The summed E-state index contributed by atoms with van der Waals surface area (Å²) in [4.78, 5) is 17.1. The van der Waals surface area contributed by atoms with E-state index in [1.165, 1.54) is 23.5 Å². The van der Waals surface area contributed by atoms with Gasteiger partial charge in [-0.1, -0.05) is 6.92 Å². The van der Waals surface area contributed by atoms with E-state index >= 15 is 0 Å². The van der Waals surface area contributed by atoms with E-state index in [1.807, 2.05) is 7.05 Å². The minimum absolute atomic E-state index is 0.162. The zero-order valence-electron chi connectivity index (χ0n) is 16.3. The molecule has 2 aliphatic rings. The Hall–Kier alpha value is -1.64. The van der Waals surface area contributed by atoms with Crippen LogP contribution in [0.2, 0.25) is 0 Å². The highest BCUT2D eigenvalue weighted by Gasteiger charge is 2.30. The van der Waals surface area contributed by atoms with Gasteiger partial charge in [-0.15, -0.1) is 0 Å². The van der Waals surface area contributed by atoms with Crippen molar-refractivity contribution in [1.29, 1.82) is 0 Å². The highest BCUT2D eigenvalue weighted by atomic mass is 32.2. The van der Waals surface area contributed by atoms with E-state index in [2.05, 4.69) is 11.8 Å². The molecule has 0 radical (unpaired) electrons. The summed E-state index contributed by atoms with van der Waals surface area (Å²) in [5.41, 5.74) is 0.313. The molecule has 0 spiro atoms. The van der Waals surface area contributed by atoms with Crippen LogP contribution in [0.5, 0.6) is 5.75 Å². The summed E-state index contributed by atoms with van der Waals surface area (Å²) in [5.74, 6) is 0.774. The monoisotopic (exact) mass is 395 g/mol. The van der Waals surface area contributed by atoms with Crippen LogP contribution in [-0.2, 0) is 10.0 Å². The topological polar surface area (TPSA) is 70.2 Å². The maximum Gasteiger partial charge on any atom is 0.257 e. The molecule has 0 saturated carbocycles. The van der Waals surface area contributed by atoms with E-state index in [0.29, 0.717) is 43.4 Å². The Kier molecular flexibility index (Phi) is 6.08. The number of amides is 1. The fraction of sp³-hybridized carbons (Fsp3) is 0.632. The molecule has 8 heteroatoms. The van der Waals surface area contributed by atoms with Crippen molar-refractivity contribution in [3.05, 3.63) is 23.8 Å². The molecule has 1 aromatic rings.